The van der Waals surface area contributed by atoms with E-state index in [4.69, 9.17) is 16.3 Å². The fourth-order valence-corrected chi connectivity index (χ4v) is 3.69. The zero-order valence-corrected chi connectivity index (χ0v) is 17.7. The van der Waals surface area contributed by atoms with Crippen molar-refractivity contribution in [1.29, 1.82) is 0 Å². The summed E-state index contributed by atoms with van der Waals surface area (Å²) in [6, 6.07) is 19.7. The number of ether oxygens (including phenoxy) is 1. The molecule has 0 spiro atoms. The van der Waals surface area contributed by atoms with Crippen molar-refractivity contribution in [2.24, 2.45) is 0 Å². The fourth-order valence-electron chi connectivity index (χ4n) is 3.57. The van der Waals surface area contributed by atoms with Crippen LogP contribution in [0.4, 0.5) is 0 Å². The van der Waals surface area contributed by atoms with Crippen LogP contribution < -0.4 is 4.74 Å². The van der Waals surface area contributed by atoms with Crippen molar-refractivity contribution in [3.05, 3.63) is 83.1 Å². The second-order valence-electron chi connectivity index (χ2n) is 7.47. The molecule has 4 rings (SSSR count). The van der Waals surface area contributed by atoms with Gasteiger partial charge in [-0.3, -0.25) is 0 Å². The van der Waals surface area contributed by atoms with Gasteiger partial charge in [-0.15, -0.1) is 0 Å². The van der Waals surface area contributed by atoms with E-state index < -0.39 is 0 Å². The van der Waals surface area contributed by atoms with Crippen molar-refractivity contribution in [2.45, 2.75) is 19.3 Å². The van der Waals surface area contributed by atoms with E-state index in [9.17, 15) is 0 Å². The molecule has 2 aromatic carbocycles. The second kappa shape index (κ2) is 10.3. The zero-order chi connectivity index (χ0) is 20.6. The Bertz CT molecular complexity index is 1010. The Kier molecular flexibility index (Phi) is 7.03. The maximum absolute atomic E-state index is 5.95. The summed E-state index contributed by atoms with van der Waals surface area (Å²) < 4.78 is 5.91. The van der Waals surface area contributed by atoms with Crippen molar-refractivity contribution in [1.82, 2.24) is 9.88 Å². The van der Waals surface area contributed by atoms with Crippen LogP contribution in [0, 0.1) is 11.8 Å². The highest BCUT2D eigenvalue weighted by Gasteiger charge is 2.10. The molecule has 0 unspecified atom stereocenters. The van der Waals surface area contributed by atoms with Gasteiger partial charge in [0.1, 0.15) is 11.4 Å². The molecule has 0 atom stereocenters. The molecule has 0 bridgehead atoms. The summed E-state index contributed by atoms with van der Waals surface area (Å²) in [4.78, 5) is 6.98. The molecule has 3 nitrogen and oxygen atoms in total. The van der Waals surface area contributed by atoms with Crippen LogP contribution in [0.25, 0.3) is 11.1 Å². The predicted octanol–water partition coefficient (Wildman–Crippen LogP) is 5.67. The van der Waals surface area contributed by atoms with E-state index in [1.54, 1.807) is 0 Å². The zero-order valence-electron chi connectivity index (χ0n) is 17.0. The Morgan fingerprint density at radius 1 is 0.933 bits per heavy atom. The van der Waals surface area contributed by atoms with Gasteiger partial charge in [0.05, 0.1) is 6.61 Å². The molecule has 1 aliphatic heterocycles. The summed E-state index contributed by atoms with van der Waals surface area (Å²) >= 11 is 5.95. The van der Waals surface area contributed by atoms with Crippen molar-refractivity contribution in [2.75, 3.05) is 26.2 Å². The first-order valence-corrected chi connectivity index (χ1v) is 10.8. The number of nitrogens with zero attached hydrogens (tertiary/aromatic N) is 2. The van der Waals surface area contributed by atoms with E-state index in [2.05, 4.69) is 21.7 Å². The van der Waals surface area contributed by atoms with Crippen LogP contribution >= 0.6 is 11.6 Å². The minimum absolute atomic E-state index is 0.729. The van der Waals surface area contributed by atoms with Gasteiger partial charge >= 0.3 is 0 Å². The minimum Gasteiger partial charge on any atom is -0.494 e. The van der Waals surface area contributed by atoms with Crippen LogP contribution in [0.2, 0.25) is 5.02 Å². The molecule has 0 N–H and O–H groups in total. The number of benzene rings is 2. The molecule has 0 saturated carbocycles. The van der Waals surface area contributed by atoms with Gasteiger partial charge in [0.25, 0.3) is 0 Å². The molecule has 1 aromatic heterocycles. The second-order valence-corrected chi connectivity index (χ2v) is 7.90. The summed E-state index contributed by atoms with van der Waals surface area (Å²) in [5, 5.41) is 0.729. The maximum atomic E-state index is 5.95. The van der Waals surface area contributed by atoms with Crippen LogP contribution in [-0.4, -0.2) is 36.1 Å². The first-order chi connectivity index (χ1) is 14.8. The fraction of sp³-hybridized carbons (Fsp3) is 0.269. The molecule has 3 aromatic rings. The van der Waals surface area contributed by atoms with Crippen molar-refractivity contribution in [3.63, 3.8) is 0 Å². The Morgan fingerprint density at radius 2 is 1.73 bits per heavy atom. The highest BCUT2D eigenvalue weighted by atomic mass is 35.5. The summed E-state index contributed by atoms with van der Waals surface area (Å²) in [6.07, 6.45) is 5.56. The van der Waals surface area contributed by atoms with E-state index in [1.165, 1.54) is 25.9 Å². The van der Waals surface area contributed by atoms with E-state index in [-0.39, 0.29) is 0 Å². The number of halogens is 1. The maximum Gasteiger partial charge on any atom is 0.120 e. The molecule has 1 fully saturated rings. The normalized spacial score (nSPS) is 13.6. The van der Waals surface area contributed by atoms with Gasteiger partial charge in [-0.05, 0) is 80.2 Å². The highest BCUT2D eigenvalue weighted by molar-refractivity contribution is 6.30. The molecule has 152 valence electrons. The van der Waals surface area contributed by atoms with Crippen LogP contribution in [0.15, 0.2) is 66.9 Å². The quantitative estimate of drug-likeness (QED) is 0.382. The monoisotopic (exact) mass is 416 g/mol. The lowest BCUT2D eigenvalue weighted by Gasteiger charge is -2.14. The lowest BCUT2D eigenvalue weighted by Crippen LogP contribution is -2.21. The number of pyridine rings is 1. The summed E-state index contributed by atoms with van der Waals surface area (Å²) in [5.41, 5.74) is 3.79. The van der Waals surface area contributed by atoms with E-state index >= 15 is 0 Å². The Morgan fingerprint density at radius 3 is 2.50 bits per heavy atom. The molecule has 4 heteroatoms. The minimum atomic E-state index is 0.729. The van der Waals surface area contributed by atoms with Crippen LogP contribution in [-0.2, 0) is 0 Å². The molecule has 30 heavy (non-hydrogen) atoms. The Hall–Kier alpha value is -2.80. The summed E-state index contributed by atoms with van der Waals surface area (Å²) in [5.74, 6) is 7.19. The third-order valence-corrected chi connectivity index (χ3v) is 5.45. The molecule has 1 aliphatic rings. The van der Waals surface area contributed by atoms with Gasteiger partial charge in [0, 0.05) is 28.9 Å². The van der Waals surface area contributed by atoms with Gasteiger partial charge in [-0.2, -0.15) is 0 Å². The van der Waals surface area contributed by atoms with Crippen molar-refractivity contribution in [3.8, 4) is 28.7 Å². The van der Waals surface area contributed by atoms with Gasteiger partial charge in [-0.25, -0.2) is 4.98 Å². The predicted molar refractivity (Wildman–Crippen MR) is 123 cm³/mol. The van der Waals surface area contributed by atoms with Gasteiger partial charge < -0.3 is 9.64 Å². The smallest absolute Gasteiger partial charge is 0.120 e. The van der Waals surface area contributed by atoms with Gasteiger partial charge in [-0.1, -0.05) is 41.8 Å². The summed E-state index contributed by atoms with van der Waals surface area (Å²) in [6.45, 7) is 4.33. The number of likely N-dealkylation sites (tertiary alicyclic amines) is 1. The topological polar surface area (TPSA) is 25.4 Å². The number of aromatic nitrogens is 1. The van der Waals surface area contributed by atoms with Crippen LogP contribution in [0.1, 0.15) is 30.5 Å². The van der Waals surface area contributed by atoms with E-state index in [1.807, 2.05) is 66.9 Å². The Balaban J connectivity index is 1.33. The van der Waals surface area contributed by atoms with Crippen LogP contribution in [0.5, 0.6) is 5.75 Å². The van der Waals surface area contributed by atoms with Crippen molar-refractivity contribution >= 4 is 11.6 Å². The van der Waals surface area contributed by atoms with Crippen molar-refractivity contribution < 1.29 is 4.74 Å². The molecule has 0 aliphatic carbocycles. The van der Waals surface area contributed by atoms with Crippen LogP contribution in [0.3, 0.4) is 0 Å². The average molecular weight is 417 g/mol. The first kappa shape index (κ1) is 20.5. The molecular weight excluding hydrogens is 392 g/mol. The number of hydrogen-bond donors (Lipinski definition) is 0. The van der Waals surface area contributed by atoms with Gasteiger partial charge in [0.15, 0.2) is 0 Å². The standard InChI is InChI=1S/C26H25ClN2O/c27-24-11-8-22(9-12-24)23-10-14-25(28-20-23)13-7-21-5-3-6-26(19-21)30-18-4-17-29-15-1-2-16-29/h3,5-6,8-12,14,19-20H,1-2,4,15-18H2. The number of hydrogen-bond acceptors (Lipinski definition) is 3. The highest BCUT2D eigenvalue weighted by Crippen LogP contribution is 2.21. The third kappa shape index (κ3) is 5.86. The first-order valence-electron chi connectivity index (χ1n) is 10.5. The van der Waals surface area contributed by atoms with Gasteiger partial charge in [0.2, 0.25) is 0 Å². The molecule has 2 heterocycles. The van der Waals surface area contributed by atoms with E-state index in [0.29, 0.717) is 0 Å². The lowest BCUT2D eigenvalue weighted by molar-refractivity contribution is 0.263. The Labute approximate surface area is 183 Å². The third-order valence-electron chi connectivity index (χ3n) is 5.20. The largest absolute Gasteiger partial charge is 0.494 e. The lowest BCUT2D eigenvalue weighted by atomic mass is 10.1. The average Bonchev–Trinajstić information content (AvgIpc) is 3.30. The molecule has 1 saturated heterocycles. The number of rotatable bonds is 6. The SMILES string of the molecule is Clc1ccc(-c2ccc(C#Cc3cccc(OCCCN4CCCC4)c3)nc2)cc1. The summed E-state index contributed by atoms with van der Waals surface area (Å²) in [7, 11) is 0. The molecule has 0 amide bonds. The van der Waals surface area contributed by atoms with E-state index in [0.717, 1.165) is 52.7 Å². The molecule has 0 radical (unpaired) electrons. The molecular formula is C26H25ClN2O.